The summed E-state index contributed by atoms with van der Waals surface area (Å²) < 4.78 is 33.3. The van der Waals surface area contributed by atoms with Crippen molar-refractivity contribution in [2.75, 3.05) is 25.0 Å². The first-order valence-corrected chi connectivity index (χ1v) is 12.7. The van der Waals surface area contributed by atoms with Crippen LogP contribution >= 0.6 is 11.6 Å². The number of anilines is 1. The molecule has 1 saturated carbocycles. The predicted octanol–water partition coefficient (Wildman–Crippen LogP) is 2.91. The number of halogens is 1. The Morgan fingerprint density at radius 1 is 1.13 bits per heavy atom. The summed E-state index contributed by atoms with van der Waals surface area (Å²) in [6.07, 6.45) is 7.90. The molecular formula is C21H28ClN3O5S. The number of nitrogens with one attached hydrogen (secondary N) is 2. The zero-order valence-corrected chi connectivity index (χ0v) is 18.9. The first kappa shape index (κ1) is 22.4. The molecule has 1 saturated heterocycles. The molecule has 2 N–H and O–H groups in total. The maximum atomic E-state index is 13.3. The first-order valence-electron chi connectivity index (χ1n) is 10.9. The molecule has 8 nitrogen and oxygen atoms in total. The molecule has 0 aromatic heterocycles. The number of fused-ring (bicyclic) bond motifs is 1. The maximum Gasteiger partial charge on any atom is 0.262 e. The summed E-state index contributed by atoms with van der Waals surface area (Å²) in [6, 6.07) is 2.92. The molecule has 0 unspecified atom stereocenters. The Bertz CT molecular complexity index is 960. The minimum absolute atomic E-state index is 0.00887. The van der Waals surface area contributed by atoms with E-state index in [-0.39, 0.29) is 52.6 Å². The molecule has 1 aromatic rings. The molecule has 2 fully saturated rings. The van der Waals surface area contributed by atoms with E-state index in [1.165, 1.54) is 29.3 Å². The van der Waals surface area contributed by atoms with E-state index in [1.54, 1.807) is 0 Å². The Morgan fingerprint density at radius 3 is 2.61 bits per heavy atom. The molecule has 10 heteroatoms. The average molecular weight is 470 g/mol. The van der Waals surface area contributed by atoms with Crippen molar-refractivity contribution < 1.29 is 22.7 Å². The van der Waals surface area contributed by atoms with Crippen LogP contribution < -0.4 is 15.4 Å². The number of carbonyl (C=O) groups is 2. The van der Waals surface area contributed by atoms with Gasteiger partial charge in [-0.05, 0) is 31.7 Å². The predicted molar refractivity (Wildman–Crippen MR) is 117 cm³/mol. The lowest BCUT2D eigenvalue weighted by molar-refractivity contribution is -0.127. The third kappa shape index (κ3) is 4.99. The van der Waals surface area contributed by atoms with Crippen molar-refractivity contribution in [3.63, 3.8) is 0 Å². The van der Waals surface area contributed by atoms with Crippen LogP contribution in [0.1, 0.15) is 51.4 Å². The standard InChI is InChI=1S/C21H28ClN3O5S/c22-16-10-17-18(30-13-20(26)24-17)11-19(16)31(28,29)25-9-5-6-14(12-25)21(27)23-15-7-3-1-2-4-8-15/h10-11,14-15H,1-9,12-13H2,(H,23,27)(H,24,26)/t14-/m0/s1. The normalized spacial score (nSPS) is 23.3. The van der Waals surface area contributed by atoms with Gasteiger partial charge in [0.1, 0.15) is 10.6 Å². The molecule has 0 radical (unpaired) electrons. The lowest BCUT2D eigenvalue weighted by atomic mass is 9.97. The number of piperidine rings is 1. The number of benzene rings is 1. The van der Waals surface area contributed by atoms with Crippen molar-refractivity contribution in [1.82, 2.24) is 9.62 Å². The van der Waals surface area contributed by atoms with Crippen molar-refractivity contribution in [3.05, 3.63) is 17.2 Å². The Labute approximate surface area is 187 Å². The molecule has 4 rings (SSSR count). The van der Waals surface area contributed by atoms with Crippen molar-refractivity contribution in [2.45, 2.75) is 62.3 Å². The minimum Gasteiger partial charge on any atom is -0.482 e. The van der Waals surface area contributed by atoms with E-state index in [9.17, 15) is 18.0 Å². The van der Waals surface area contributed by atoms with Gasteiger partial charge in [0, 0.05) is 25.2 Å². The monoisotopic (exact) mass is 469 g/mol. The van der Waals surface area contributed by atoms with Gasteiger partial charge in [-0.1, -0.05) is 37.3 Å². The lowest BCUT2D eigenvalue weighted by Gasteiger charge is -2.32. The molecule has 31 heavy (non-hydrogen) atoms. The summed E-state index contributed by atoms with van der Waals surface area (Å²) in [5.74, 6) is -0.493. The topological polar surface area (TPSA) is 105 Å². The molecule has 170 valence electrons. The average Bonchev–Trinajstić information content (AvgIpc) is 3.01. The lowest BCUT2D eigenvalue weighted by Crippen LogP contribution is -2.47. The third-order valence-electron chi connectivity index (χ3n) is 6.24. The number of sulfonamides is 1. The fraction of sp³-hybridized carbons (Fsp3) is 0.619. The summed E-state index contributed by atoms with van der Waals surface area (Å²) in [4.78, 5) is 24.3. The van der Waals surface area contributed by atoms with Crippen LogP contribution in [0.2, 0.25) is 5.02 Å². The number of hydrogen-bond donors (Lipinski definition) is 2. The molecule has 2 amide bonds. The smallest absolute Gasteiger partial charge is 0.262 e. The highest BCUT2D eigenvalue weighted by Crippen LogP contribution is 2.37. The van der Waals surface area contributed by atoms with Crippen molar-refractivity contribution >= 4 is 39.1 Å². The molecule has 0 bridgehead atoms. The second kappa shape index (κ2) is 9.34. The van der Waals surface area contributed by atoms with Crippen LogP contribution in [0, 0.1) is 5.92 Å². The molecule has 2 heterocycles. The molecule has 3 aliphatic rings. The van der Waals surface area contributed by atoms with Crippen LogP contribution in [0.15, 0.2) is 17.0 Å². The minimum atomic E-state index is -3.92. The van der Waals surface area contributed by atoms with Gasteiger partial charge in [-0.3, -0.25) is 9.59 Å². The Morgan fingerprint density at radius 2 is 1.87 bits per heavy atom. The molecular weight excluding hydrogens is 442 g/mol. The van der Waals surface area contributed by atoms with Crippen LogP contribution in [0.5, 0.6) is 5.75 Å². The highest BCUT2D eigenvalue weighted by molar-refractivity contribution is 7.89. The highest BCUT2D eigenvalue weighted by atomic mass is 35.5. The van der Waals surface area contributed by atoms with Crippen molar-refractivity contribution in [2.24, 2.45) is 5.92 Å². The van der Waals surface area contributed by atoms with E-state index < -0.39 is 10.0 Å². The SMILES string of the molecule is O=C1COc2cc(S(=O)(=O)N3CCC[C@H](C(=O)NC4CCCCCC4)C3)c(Cl)cc2N1. The number of amides is 2. The summed E-state index contributed by atoms with van der Waals surface area (Å²) in [5.41, 5.74) is 0.347. The van der Waals surface area contributed by atoms with Gasteiger partial charge in [0.05, 0.1) is 16.6 Å². The van der Waals surface area contributed by atoms with E-state index in [1.807, 2.05) is 0 Å². The van der Waals surface area contributed by atoms with Gasteiger partial charge in [-0.15, -0.1) is 0 Å². The first-order chi connectivity index (χ1) is 14.8. The van der Waals surface area contributed by atoms with Crippen molar-refractivity contribution in [1.29, 1.82) is 0 Å². The molecule has 1 aliphatic carbocycles. The van der Waals surface area contributed by atoms with E-state index in [4.69, 9.17) is 16.3 Å². The van der Waals surface area contributed by atoms with E-state index in [0.29, 0.717) is 25.1 Å². The van der Waals surface area contributed by atoms with Crippen molar-refractivity contribution in [3.8, 4) is 5.75 Å². The Hall–Kier alpha value is -1.84. The number of nitrogens with zero attached hydrogens (tertiary/aromatic N) is 1. The fourth-order valence-corrected chi connectivity index (χ4v) is 6.58. The third-order valence-corrected chi connectivity index (χ3v) is 8.57. The molecule has 0 spiro atoms. The number of hydrogen-bond acceptors (Lipinski definition) is 5. The van der Waals surface area contributed by atoms with Crippen LogP contribution in [0.3, 0.4) is 0 Å². The zero-order valence-electron chi connectivity index (χ0n) is 17.4. The zero-order chi connectivity index (χ0) is 22.0. The highest BCUT2D eigenvalue weighted by Gasteiger charge is 2.36. The number of carbonyl (C=O) groups excluding carboxylic acids is 2. The molecule has 2 aliphatic heterocycles. The summed E-state index contributed by atoms with van der Waals surface area (Å²) in [6.45, 7) is 0.285. The Balaban J connectivity index is 1.48. The van der Waals surface area contributed by atoms with Gasteiger partial charge >= 0.3 is 0 Å². The van der Waals surface area contributed by atoms with Crippen LogP contribution in [-0.2, 0) is 19.6 Å². The maximum absolute atomic E-state index is 13.3. The van der Waals surface area contributed by atoms with Crippen LogP contribution in [-0.4, -0.2) is 50.3 Å². The van der Waals surface area contributed by atoms with Gasteiger partial charge in [-0.25, -0.2) is 8.42 Å². The quantitative estimate of drug-likeness (QED) is 0.659. The second-order valence-corrected chi connectivity index (χ2v) is 10.8. The summed E-state index contributed by atoms with van der Waals surface area (Å²) in [5, 5.41) is 5.77. The largest absolute Gasteiger partial charge is 0.482 e. The number of rotatable bonds is 4. The van der Waals surface area contributed by atoms with Gasteiger partial charge in [-0.2, -0.15) is 4.31 Å². The van der Waals surface area contributed by atoms with Crippen LogP contribution in [0.25, 0.3) is 0 Å². The molecule has 1 aromatic carbocycles. The molecule has 1 atom stereocenters. The van der Waals surface area contributed by atoms with Gasteiger partial charge in [0.2, 0.25) is 15.9 Å². The van der Waals surface area contributed by atoms with Crippen LogP contribution in [0.4, 0.5) is 5.69 Å². The van der Waals surface area contributed by atoms with E-state index in [0.717, 1.165) is 25.7 Å². The van der Waals surface area contributed by atoms with Gasteiger partial charge in [0.25, 0.3) is 5.91 Å². The van der Waals surface area contributed by atoms with E-state index in [2.05, 4.69) is 10.6 Å². The van der Waals surface area contributed by atoms with Gasteiger partial charge < -0.3 is 15.4 Å². The Kier molecular flexibility index (Phi) is 6.74. The fourth-order valence-electron chi connectivity index (χ4n) is 4.54. The summed E-state index contributed by atoms with van der Waals surface area (Å²) in [7, 11) is -3.92. The van der Waals surface area contributed by atoms with Gasteiger partial charge in [0.15, 0.2) is 6.61 Å². The summed E-state index contributed by atoms with van der Waals surface area (Å²) >= 11 is 6.26. The second-order valence-electron chi connectivity index (χ2n) is 8.51. The van der Waals surface area contributed by atoms with E-state index >= 15 is 0 Å². The number of ether oxygens (including phenoxy) is 1.